The number of carbonyl (C=O) groups is 1. The number of aromatic nitrogens is 5. The highest BCUT2D eigenvalue weighted by Crippen LogP contribution is 2.33. The van der Waals surface area contributed by atoms with Crippen molar-refractivity contribution in [3.05, 3.63) is 94.6 Å². The molecule has 10 heteroatoms. The van der Waals surface area contributed by atoms with Gasteiger partial charge in [-0.05, 0) is 31.5 Å². The zero-order valence-corrected chi connectivity index (χ0v) is 18.0. The number of carbonyl (C=O) groups excluding carboxylic acids is 1. The number of para-hydroxylation sites is 1. The van der Waals surface area contributed by atoms with E-state index in [-0.39, 0.29) is 17.9 Å². The highest BCUT2D eigenvalue weighted by Gasteiger charge is 2.34. The maximum atomic E-state index is 13.3. The van der Waals surface area contributed by atoms with Crippen LogP contribution in [0.3, 0.4) is 0 Å². The standard InChI is InChI=1S/C23H21F3N6O/c1-15-18(16(2)31(29-15)13-17-8-4-3-5-9-17)12-27-22(33)20-14-32(30-28-20)21-11-7-6-10-19(21)23(24,25)26/h3-11,14H,12-13H2,1-2H3,(H,27,33). The van der Waals surface area contributed by atoms with Crippen molar-refractivity contribution in [2.24, 2.45) is 0 Å². The Morgan fingerprint density at radius 1 is 1.03 bits per heavy atom. The van der Waals surface area contributed by atoms with Crippen LogP contribution in [0.15, 0.2) is 60.8 Å². The maximum absolute atomic E-state index is 13.3. The van der Waals surface area contributed by atoms with Crippen LogP contribution in [-0.4, -0.2) is 30.7 Å². The van der Waals surface area contributed by atoms with Crippen LogP contribution in [0.5, 0.6) is 0 Å². The number of hydrogen-bond acceptors (Lipinski definition) is 4. The minimum absolute atomic E-state index is 0.0843. The number of hydrogen-bond donors (Lipinski definition) is 1. The molecule has 0 bridgehead atoms. The fourth-order valence-electron chi connectivity index (χ4n) is 3.56. The molecule has 7 nitrogen and oxygen atoms in total. The molecule has 2 aromatic carbocycles. The largest absolute Gasteiger partial charge is 0.418 e. The van der Waals surface area contributed by atoms with Crippen LogP contribution in [0.4, 0.5) is 13.2 Å². The van der Waals surface area contributed by atoms with Crippen LogP contribution < -0.4 is 5.32 Å². The van der Waals surface area contributed by atoms with Crippen molar-refractivity contribution in [3.8, 4) is 5.69 Å². The maximum Gasteiger partial charge on any atom is 0.418 e. The average molecular weight is 454 g/mol. The molecular formula is C23H21F3N6O. The number of amides is 1. The molecule has 0 spiro atoms. The van der Waals surface area contributed by atoms with Crippen molar-refractivity contribution in [1.82, 2.24) is 30.1 Å². The summed E-state index contributed by atoms with van der Waals surface area (Å²) in [5.74, 6) is -0.541. The Labute approximate surface area is 187 Å². The Morgan fingerprint density at radius 2 is 1.73 bits per heavy atom. The molecule has 0 saturated heterocycles. The minimum atomic E-state index is -4.56. The van der Waals surface area contributed by atoms with Crippen molar-refractivity contribution >= 4 is 5.91 Å². The van der Waals surface area contributed by atoms with Crippen LogP contribution in [-0.2, 0) is 19.3 Å². The summed E-state index contributed by atoms with van der Waals surface area (Å²) in [6.45, 7) is 4.60. The highest BCUT2D eigenvalue weighted by atomic mass is 19.4. The van der Waals surface area contributed by atoms with Crippen LogP contribution in [0, 0.1) is 13.8 Å². The van der Waals surface area contributed by atoms with E-state index in [1.54, 1.807) is 0 Å². The Kier molecular flexibility index (Phi) is 5.99. The molecule has 4 aromatic rings. The first-order chi connectivity index (χ1) is 15.7. The molecule has 0 aliphatic rings. The summed E-state index contributed by atoms with van der Waals surface area (Å²) >= 11 is 0. The van der Waals surface area contributed by atoms with E-state index >= 15 is 0 Å². The van der Waals surface area contributed by atoms with Crippen molar-refractivity contribution in [1.29, 1.82) is 0 Å². The quantitative estimate of drug-likeness (QED) is 0.476. The lowest BCUT2D eigenvalue weighted by Gasteiger charge is -2.11. The van der Waals surface area contributed by atoms with Crippen molar-refractivity contribution in [3.63, 3.8) is 0 Å². The third-order valence-corrected chi connectivity index (χ3v) is 5.31. The molecule has 0 aliphatic heterocycles. The van der Waals surface area contributed by atoms with Gasteiger partial charge in [0.05, 0.1) is 29.7 Å². The predicted octanol–water partition coefficient (Wildman–Crippen LogP) is 4.08. The zero-order chi connectivity index (χ0) is 23.6. The van der Waals surface area contributed by atoms with Crippen LogP contribution in [0.1, 0.15) is 38.6 Å². The van der Waals surface area contributed by atoms with E-state index in [1.807, 2.05) is 48.9 Å². The van der Waals surface area contributed by atoms with E-state index in [9.17, 15) is 18.0 Å². The van der Waals surface area contributed by atoms with Gasteiger partial charge >= 0.3 is 6.18 Å². The van der Waals surface area contributed by atoms with E-state index in [1.165, 1.54) is 24.4 Å². The van der Waals surface area contributed by atoms with Gasteiger partial charge in [-0.15, -0.1) is 5.10 Å². The molecule has 33 heavy (non-hydrogen) atoms. The van der Waals surface area contributed by atoms with Crippen LogP contribution in [0.2, 0.25) is 0 Å². The zero-order valence-electron chi connectivity index (χ0n) is 18.0. The van der Waals surface area contributed by atoms with Gasteiger partial charge in [0, 0.05) is 17.8 Å². The number of nitrogens with zero attached hydrogens (tertiary/aromatic N) is 5. The van der Waals surface area contributed by atoms with E-state index in [0.717, 1.165) is 33.3 Å². The van der Waals surface area contributed by atoms with Crippen molar-refractivity contribution < 1.29 is 18.0 Å². The summed E-state index contributed by atoms with van der Waals surface area (Å²) in [5.41, 5.74) is 2.53. The number of halogens is 3. The molecule has 170 valence electrons. The molecule has 1 N–H and O–H groups in total. The Hall–Kier alpha value is -3.95. The van der Waals surface area contributed by atoms with E-state index < -0.39 is 17.6 Å². The van der Waals surface area contributed by atoms with Crippen molar-refractivity contribution in [2.45, 2.75) is 33.1 Å². The molecule has 2 aromatic heterocycles. The van der Waals surface area contributed by atoms with Crippen LogP contribution in [0.25, 0.3) is 5.69 Å². The molecule has 4 rings (SSSR count). The normalized spacial score (nSPS) is 11.5. The first kappa shape index (κ1) is 22.3. The van der Waals surface area contributed by atoms with Gasteiger partial charge in [0.15, 0.2) is 5.69 Å². The third-order valence-electron chi connectivity index (χ3n) is 5.31. The van der Waals surface area contributed by atoms with E-state index in [0.29, 0.717) is 6.54 Å². The molecule has 0 saturated carbocycles. The fourth-order valence-corrected chi connectivity index (χ4v) is 3.56. The molecule has 2 heterocycles. The van der Waals surface area contributed by atoms with E-state index in [2.05, 4.69) is 20.7 Å². The molecule has 1 amide bonds. The van der Waals surface area contributed by atoms with Gasteiger partial charge in [-0.3, -0.25) is 9.48 Å². The molecule has 0 atom stereocenters. The Bertz CT molecular complexity index is 1280. The van der Waals surface area contributed by atoms with Gasteiger partial charge in [-0.25, -0.2) is 4.68 Å². The summed E-state index contributed by atoms with van der Waals surface area (Å²) in [7, 11) is 0. The summed E-state index contributed by atoms with van der Waals surface area (Å²) in [5, 5.41) is 14.8. The van der Waals surface area contributed by atoms with Gasteiger partial charge in [0.1, 0.15) is 0 Å². The summed E-state index contributed by atoms with van der Waals surface area (Å²) in [6, 6.07) is 14.9. The van der Waals surface area contributed by atoms with Gasteiger partial charge in [-0.2, -0.15) is 18.3 Å². The second-order valence-electron chi connectivity index (χ2n) is 7.54. The number of alkyl halides is 3. The lowest BCUT2D eigenvalue weighted by Crippen LogP contribution is -2.23. The minimum Gasteiger partial charge on any atom is -0.346 e. The molecule has 0 aliphatic carbocycles. The van der Waals surface area contributed by atoms with Gasteiger partial charge in [0.2, 0.25) is 0 Å². The smallest absolute Gasteiger partial charge is 0.346 e. The average Bonchev–Trinajstić information content (AvgIpc) is 3.38. The number of rotatable bonds is 6. The van der Waals surface area contributed by atoms with E-state index in [4.69, 9.17) is 0 Å². The Morgan fingerprint density at radius 3 is 2.45 bits per heavy atom. The monoisotopic (exact) mass is 454 g/mol. The third kappa shape index (κ3) is 4.79. The number of aryl methyl sites for hydroxylation is 1. The SMILES string of the molecule is Cc1nn(Cc2ccccc2)c(C)c1CNC(=O)c1cn(-c2ccccc2C(F)(F)F)nn1. The number of nitrogens with one attached hydrogen (secondary N) is 1. The molecule has 0 fully saturated rings. The molecular weight excluding hydrogens is 433 g/mol. The fraction of sp³-hybridized carbons (Fsp3) is 0.217. The highest BCUT2D eigenvalue weighted by molar-refractivity contribution is 5.91. The first-order valence-electron chi connectivity index (χ1n) is 10.2. The van der Waals surface area contributed by atoms with Gasteiger partial charge in [-0.1, -0.05) is 47.7 Å². The molecule has 0 radical (unpaired) electrons. The number of benzene rings is 2. The second kappa shape index (κ2) is 8.89. The predicted molar refractivity (Wildman–Crippen MR) is 115 cm³/mol. The van der Waals surface area contributed by atoms with Crippen molar-refractivity contribution in [2.75, 3.05) is 0 Å². The summed E-state index contributed by atoms with van der Waals surface area (Å²) in [4.78, 5) is 12.6. The van der Waals surface area contributed by atoms with Gasteiger partial charge < -0.3 is 5.32 Å². The summed E-state index contributed by atoms with van der Waals surface area (Å²) < 4.78 is 42.6. The molecule has 0 unspecified atom stereocenters. The Balaban J connectivity index is 1.48. The topological polar surface area (TPSA) is 77.6 Å². The first-order valence-corrected chi connectivity index (χ1v) is 10.2. The lowest BCUT2D eigenvalue weighted by atomic mass is 10.1. The second-order valence-corrected chi connectivity index (χ2v) is 7.54. The van der Waals surface area contributed by atoms with Crippen LogP contribution >= 0.6 is 0 Å². The summed E-state index contributed by atoms with van der Waals surface area (Å²) in [6.07, 6.45) is -3.38. The van der Waals surface area contributed by atoms with Gasteiger partial charge in [0.25, 0.3) is 5.91 Å². The lowest BCUT2D eigenvalue weighted by molar-refractivity contribution is -0.137.